The Balaban J connectivity index is 1.66. The van der Waals surface area contributed by atoms with E-state index in [-0.39, 0.29) is 29.3 Å². The quantitative estimate of drug-likeness (QED) is 0.493. The molecule has 1 fully saturated rings. The summed E-state index contributed by atoms with van der Waals surface area (Å²) in [5.41, 5.74) is 6.87. The fourth-order valence-electron chi connectivity index (χ4n) is 3.52. The number of aromatic nitrogens is 2. The third-order valence-electron chi connectivity index (χ3n) is 5.14. The van der Waals surface area contributed by atoms with E-state index >= 15 is 0 Å². The molecule has 3 heterocycles. The number of halogens is 1. The molecule has 2 aromatic heterocycles. The zero-order valence-corrected chi connectivity index (χ0v) is 16.5. The lowest BCUT2D eigenvalue weighted by atomic mass is 10.0. The van der Waals surface area contributed by atoms with Crippen molar-refractivity contribution in [1.82, 2.24) is 15.3 Å². The number of primary amides is 1. The number of pyridine rings is 2. The molecule has 8 nitrogen and oxygen atoms in total. The second-order valence-corrected chi connectivity index (χ2v) is 7.13. The van der Waals surface area contributed by atoms with Gasteiger partial charge in [-0.15, -0.1) is 0 Å². The average molecular weight is 410 g/mol. The van der Waals surface area contributed by atoms with E-state index in [0.29, 0.717) is 25.3 Å². The van der Waals surface area contributed by atoms with Gasteiger partial charge in [0.05, 0.1) is 35.6 Å². The number of nitrogens with zero attached hydrogens (tertiary/aromatic N) is 2. The zero-order chi connectivity index (χ0) is 21.1. The van der Waals surface area contributed by atoms with Crippen LogP contribution >= 0.6 is 0 Å². The Morgan fingerprint density at radius 1 is 1.23 bits per heavy atom. The Morgan fingerprint density at radius 2 is 2.07 bits per heavy atom. The van der Waals surface area contributed by atoms with Gasteiger partial charge >= 0.3 is 0 Å². The average Bonchev–Trinajstić information content (AvgIpc) is 2.76. The first-order valence-corrected chi connectivity index (χ1v) is 9.69. The van der Waals surface area contributed by atoms with E-state index in [1.54, 1.807) is 6.20 Å². The highest BCUT2D eigenvalue weighted by Gasteiger charge is 2.26. The van der Waals surface area contributed by atoms with Crippen molar-refractivity contribution in [3.8, 4) is 0 Å². The molecule has 0 bridgehead atoms. The molecular formula is C21H23FN6O2. The maximum Gasteiger partial charge on any atom is 0.252 e. The van der Waals surface area contributed by atoms with Crippen molar-refractivity contribution < 1.29 is 13.9 Å². The lowest BCUT2D eigenvalue weighted by Gasteiger charge is -2.32. The number of carbonyl (C=O) groups is 1. The molecule has 5 N–H and O–H groups in total. The van der Waals surface area contributed by atoms with Crippen LogP contribution in [-0.4, -0.2) is 48.2 Å². The minimum atomic E-state index is -0.775. The first kappa shape index (κ1) is 20.0. The molecule has 0 aliphatic carbocycles. The van der Waals surface area contributed by atoms with Crippen LogP contribution in [0, 0.1) is 5.82 Å². The third-order valence-corrected chi connectivity index (χ3v) is 5.14. The number of likely N-dealkylation sites (N-methyl/N-ethyl adjacent to an activating group) is 1. The molecule has 0 radical (unpaired) electrons. The Kier molecular flexibility index (Phi) is 5.73. The minimum Gasteiger partial charge on any atom is -0.380 e. The largest absolute Gasteiger partial charge is 0.380 e. The Morgan fingerprint density at radius 3 is 2.87 bits per heavy atom. The number of ether oxygens (including phenoxy) is 1. The van der Waals surface area contributed by atoms with Gasteiger partial charge in [0.15, 0.2) is 11.6 Å². The number of amides is 1. The fraction of sp³-hybridized carbons (Fsp3) is 0.286. The van der Waals surface area contributed by atoms with Crippen LogP contribution in [0.3, 0.4) is 0 Å². The highest BCUT2D eigenvalue weighted by molar-refractivity contribution is 5.98. The summed E-state index contributed by atoms with van der Waals surface area (Å²) in [5.74, 6) is -1.21. The summed E-state index contributed by atoms with van der Waals surface area (Å²) in [7, 11) is 1.83. The normalized spacial score (nSPS) is 18.9. The molecule has 9 heteroatoms. The molecule has 2 atom stereocenters. The summed E-state index contributed by atoms with van der Waals surface area (Å²) in [6.45, 7) is 1.09. The molecule has 4 rings (SSSR count). The second kappa shape index (κ2) is 8.60. The van der Waals surface area contributed by atoms with Crippen LogP contribution < -0.4 is 21.7 Å². The number of fused-ring (bicyclic) bond motifs is 1. The van der Waals surface area contributed by atoms with Gasteiger partial charge in [-0.05, 0) is 31.7 Å². The van der Waals surface area contributed by atoms with Crippen LogP contribution in [-0.2, 0) is 4.74 Å². The fourth-order valence-corrected chi connectivity index (χ4v) is 3.52. The maximum atomic E-state index is 14.7. The van der Waals surface area contributed by atoms with Crippen LogP contribution in [0.1, 0.15) is 16.8 Å². The van der Waals surface area contributed by atoms with Gasteiger partial charge in [0.2, 0.25) is 0 Å². The van der Waals surface area contributed by atoms with Gasteiger partial charge in [-0.1, -0.05) is 18.2 Å². The number of carbonyl (C=O) groups excluding carboxylic acids is 1. The van der Waals surface area contributed by atoms with Gasteiger partial charge in [-0.2, -0.15) is 0 Å². The standard InChI is InChI=1S/C21H23FN6O2/c1-24-18-11-30-7-6-17(18)27-21-15(22)9-14(19(23)29)20(28-21)26-13-8-12-4-2-3-5-16(12)25-10-13/h2-5,8-10,17-18,24H,6-7,11H2,1H3,(H2,23,29)(H2,26,27,28). The molecule has 1 aliphatic rings. The number of nitrogens with two attached hydrogens (primary N) is 1. The molecule has 0 saturated carbocycles. The van der Waals surface area contributed by atoms with Crippen molar-refractivity contribution in [2.75, 3.05) is 30.9 Å². The predicted molar refractivity (Wildman–Crippen MR) is 113 cm³/mol. The topological polar surface area (TPSA) is 114 Å². The van der Waals surface area contributed by atoms with Crippen LogP contribution in [0.4, 0.5) is 21.7 Å². The van der Waals surface area contributed by atoms with Crippen molar-refractivity contribution in [3.05, 3.63) is 54.0 Å². The summed E-state index contributed by atoms with van der Waals surface area (Å²) in [6.07, 6.45) is 2.32. The van der Waals surface area contributed by atoms with Crippen molar-refractivity contribution >= 4 is 34.1 Å². The van der Waals surface area contributed by atoms with Crippen molar-refractivity contribution in [2.45, 2.75) is 18.5 Å². The van der Waals surface area contributed by atoms with Crippen LogP contribution in [0.5, 0.6) is 0 Å². The number of benzene rings is 1. The van der Waals surface area contributed by atoms with Gasteiger partial charge in [-0.3, -0.25) is 9.78 Å². The van der Waals surface area contributed by atoms with Crippen LogP contribution in [0.15, 0.2) is 42.6 Å². The minimum absolute atomic E-state index is 0.0110. The van der Waals surface area contributed by atoms with Gasteiger partial charge in [0.25, 0.3) is 5.91 Å². The molecule has 1 aliphatic heterocycles. The SMILES string of the molecule is CNC1COCCC1Nc1nc(Nc2cnc3ccccc3c2)c(C(N)=O)cc1F. The monoisotopic (exact) mass is 410 g/mol. The Labute approximate surface area is 173 Å². The number of hydrogen-bond acceptors (Lipinski definition) is 7. The van der Waals surface area contributed by atoms with E-state index in [4.69, 9.17) is 10.5 Å². The molecule has 1 saturated heterocycles. The summed E-state index contributed by atoms with van der Waals surface area (Å²) < 4.78 is 20.2. The van der Waals surface area contributed by atoms with E-state index in [2.05, 4.69) is 25.9 Å². The summed E-state index contributed by atoms with van der Waals surface area (Å²) in [4.78, 5) is 20.6. The van der Waals surface area contributed by atoms with Crippen LogP contribution in [0.2, 0.25) is 0 Å². The number of rotatable bonds is 6. The van der Waals surface area contributed by atoms with E-state index in [9.17, 15) is 9.18 Å². The van der Waals surface area contributed by atoms with E-state index < -0.39 is 11.7 Å². The van der Waals surface area contributed by atoms with E-state index in [0.717, 1.165) is 17.0 Å². The van der Waals surface area contributed by atoms with Crippen molar-refractivity contribution in [1.29, 1.82) is 0 Å². The van der Waals surface area contributed by atoms with Crippen molar-refractivity contribution in [3.63, 3.8) is 0 Å². The Hall–Kier alpha value is -3.30. The molecule has 2 unspecified atom stereocenters. The summed E-state index contributed by atoms with van der Waals surface area (Å²) in [6, 6.07) is 10.6. The molecule has 156 valence electrons. The summed E-state index contributed by atoms with van der Waals surface area (Å²) >= 11 is 0. The lowest BCUT2D eigenvalue weighted by Crippen LogP contribution is -2.49. The van der Waals surface area contributed by atoms with Crippen molar-refractivity contribution in [2.24, 2.45) is 5.73 Å². The first-order chi connectivity index (χ1) is 14.5. The van der Waals surface area contributed by atoms with Gasteiger partial charge < -0.3 is 26.4 Å². The van der Waals surface area contributed by atoms with E-state index in [1.807, 2.05) is 37.4 Å². The molecule has 3 aromatic rings. The highest BCUT2D eigenvalue weighted by atomic mass is 19.1. The Bertz CT molecular complexity index is 1080. The number of nitrogens with one attached hydrogen (secondary N) is 3. The van der Waals surface area contributed by atoms with E-state index in [1.165, 1.54) is 0 Å². The maximum absolute atomic E-state index is 14.7. The van der Waals surface area contributed by atoms with Gasteiger partial charge in [0.1, 0.15) is 5.82 Å². The number of anilines is 3. The predicted octanol–water partition coefficient (Wildman–Crippen LogP) is 2.40. The lowest BCUT2D eigenvalue weighted by molar-refractivity contribution is 0.0656. The number of para-hydroxylation sites is 1. The van der Waals surface area contributed by atoms with Crippen LogP contribution in [0.25, 0.3) is 10.9 Å². The number of hydrogen-bond donors (Lipinski definition) is 4. The molecular weight excluding hydrogens is 387 g/mol. The molecule has 1 amide bonds. The van der Waals surface area contributed by atoms with Gasteiger partial charge in [0, 0.05) is 18.0 Å². The summed E-state index contributed by atoms with van der Waals surface area (Å²) in [5, 5.41) is 10.3. The van der Waals surface area contributed by atoms with Gasteiger partial charge in [-0.25, -0.2) is 9.37 Å². The molecule has 0 spiro atoms. The first-order valence-electron chi connectivity index (χ1n) is 9.69. The second-order valence-electron chi connectivity index (χ2n) is 7.13. The highest BCUT2D eigenvalue weighted by Crippen LogP contribution is 2.26. The molecule has 30 heavy (non-hydrogen) atoms. The zero-order valence-electron chi connectivity index (χ0n) is 16.5. The smallest absolute Gasteiger partial charge is 0.252 e. The third kappa shape index (κ3) is 4.17. The molecule has 1 aromatic carbocycles.